The van der Waals surface area contributed by atoms with E-state index in [1.807, 2.05) is 6.92 Å². The molecule has 0 spiro atoms. The standard InChI is InChI=1S/C18H19NO5/c1-4-8-19-14-10-13(6-7-16(20)21)11-15(23-9-5-2)17(14)24-12(3)18(19)22/h1,6-7,10-12H,5,8-9H2,2-3H3,(H,20,21)/b7-6+. The highest BCUT2D eigenvalue weighted by atomic mass is 16.5. The highest BCUT2D eigenvalue weighted by Gasteiger charge is 2.33. The molecule has 1 N–H and O–H groups in total. The molecule has 0 aliphatic carbocycles. The normalized spacial score (nSPS) is 16.5. The van der Waals surface area contributed by atoms with Gasteiger partial charge in [0.25, 0.3) is 5.91 Å². The average molecular weight is 329 g/mol. The van der Waals surface area contributed by atoms with Gasteiger partial charge in [0.1, 0.15) is 0 Å². The zero-order valence-electron chi connectivity index (χ0n) is 13.6. The van der Waals surface area contributed by atoms with Crippen molar-refractivity contribution in [3.8, 4) is 23.8 Å². The average Bonchev–Trinajstić information content (AvgIpc) is 2.55. The molecule has 126 valence electrons. The third-order valence-corrected chi connectivity index (χ3v) is 3.39. The van der Waals surface area contributed by atoms with E-state index in [1.165, 1.54) is 11.0 Å². The summed E-state index contributed by atoms with van der Waals surface area (Å²) in [6, 6.07) is 3.35. The first-order chi connectivity index (χ1) is 11.5. The maximum Gasteiger partial charge on any atom is 0.328 e. The first-order valence-corrected chi connectivity index (χ1v) is 7.61. The van der Waals surface area contributed by atoms with Gasteiger partial charge in [0.05, 0.1) is 18.8 Å². The molecule has 1 heterocycles. The lowest BCUT2D eigenvalue weighted by Crippen LogP contribution is -2.44. The molecule has 6 heteroatoms. The number of benzene rings is 1. The minimum Gasteiger partial charge on any atom is -0.490 e. The fourth-order valence-electron chi connectivity index (χ4n) is 2.33. The minimum absolute atomic E-state index is 0.0961. The van der Waals surface area contributed by atoms with Crippen LogP contribution in [0.15, 0.2) is 18.2 Å². The summed E-state index contributed by atoms with van der Waals surface area (Å²) in [5.74, 6) is 2.05. The number of rotatable bonds is 6. The van der Waals surface area contributed by atoms with Gasteiger partial charge in [-0.15, -0.1) is 6.42 Å². The van der Waals surface area contributed by atoms with E-state index in [9.17, 15) is 9.59 Å². The molecule has 1 atom stereocenters. The summed E-state index contributed by atoms with van der Waals surface area (Å²) in [6.07, 6.45) is 7.95. The zero-order valence-corrected chi connectivity index (χ0v) is 13.6. The van der Waals surface area contributed by atoms with Crippen LogP contribution in [0.2, 0.25) is 0 Å². The molecule has 1 aliphatic rings. The first-order valence-electron chi connectivity index (χ1n) is 7.61. The molecule has 1 aromatic carbocycles. The fraction of sp³-hybridized carbons (Fsp3) is 0.333. The molecule has 1 unspecified atom stereocenters. The lowest BCUT2D eigenvalue weighted by atomic mass is 10.1. The zero-order chi connectivity index (χ0) is 17.7. The van der Waals surface area contributed by atoms with Crippen LogP contribution in [0.5, 0.6) is 11.5 Å². The van der Waals surface area contributed by atoms with Crippen LogP contribution >= 0.6 is 0 Å². The number of carboxylic acid groups (broad SMARTS) is 1. The van der Waals surface area contributed by atoms with Gasteiger partial charge in [-0.25, -0.2) is 4.79 Å². The molecule has 0 aromatic heterocycles. The summed E-state index contributed by atoms with van der Waals surface area (Å²) >= 11 is 0. The summed E-state index contributed by atoms with van der Waals surface area (Å²) in [6.45, 7) is 4.19. The number of hydrogen-bond donors (Lipinski definition) is 1. The Labute approximate surface area is 140 Å². The molecule has 1 amide bonds. The number of fused-ring (bicyclic) bond motifs is 1. The van der Waals surface area contributed by atoms with E-state index in [0.29, 0.717) is 29.4 Å². The Morgan fingerprint density at radius 2 is 2.29 bits per heavy atom. The Balaban J connectivity index is 2.56. The van der Waals surface area contributed by atoms with Crippen LogP contribution in [0, 0.1) is 12.3 Å². The van der Waals surface area contributed by atoms with Gasteiger partial charge < -0.3 is 14.6 Å². The van der Waals surface area contributed by atoms with Gasteiger partial charge in [-0.2, -0.15) is 0 Å². The van der Waals surface area contributed by atoms with Crippen molar-refractivity contribution in [2.24, 2.45) is 0 Å². The Kier molecular flexibility index (Phi) is 5.48. The highest BCUT2D eigenvalue weighted by molar-refractivity contribution is 6.01. The molecule has 0 saturated heterocycles. The number of anilines is 1. The molecular formula is C18H19NO5. The van der Waals surface area contributed by atoms with E-state index < -0.39 is 12.1 Å². The Morgan fingerprint density at radius 3 is 2.92 bits per heavy atom. The van der Waals surface area contributed by atoms with Gasteiger partial charge >= 0.3 is 5.97 Å². The molecule has 6 nitrogen and oxygen atoms in total. The second-order valence-corrected chi connectivity index (χ2v) is 5.28. The van der Waals surface area contributed by atoms with Crippen molar-refractivity contribution in [3.63, 3.8) is 0 Å². The second kappa shape index (κ2) is 7.55. The van der Waals surface area contributed by atoms with E-state index in [0.717, 1.165) is 12.5 Å². The molecule has 1 aliphatic heterocycles. The summed E-state index contributed by atoms with van der Waals surface area (Å²) in [5.41, 5.74) is 1.06. The van der Waals surface area contributed by atoms with Crippen molar-refractivity contribution in [2.75, 3.05) is 18.1 Å². The van der Waals surface area contributed by atoms with E-state index in [-0.39, 0.29) is 12.5 Å². The van der Waals surface area contributed by atoms with E-state index in [4.69, 9.17) is 21.0 Å². The SMILES string of the molecule is C#CCN1C(=O)C(C)Oc2c(OCCC)cc(/C=C/C(=O)O)cc21. The van der Waals surface area contributed by atoms with Crippen molar-refractivity contribution < 1.29 is 24.2 Å². The predicted octanol–water partition coefficient (Wildman–Crippen LogP) is 2.32. The van der Waals surface area contributed by atoms with E-state index >= 15 is 0 Å². The third kappa shape index (κ3) is 3.69. The predicted molar refractivity (Wildman–Crippen MR) is 90.2 cm³/mol. The number of ether oxygens (including phenoxy) is 2. The summed E-state index contributed by atoms with van der Waals surface area (Å²) in [7, 11) is 0. The molecule has 0 radical (unpaired) electrons. The van der Waals surface area contributed by atoms with Crippen LogP contribution in [0.1, 0.15) is 25.8 Å². The van der Waals surface area contributed by atoms with Gasteiger partial charge in [-0.05, 0) is 37.1 Å². The third-order valence-electron chi connectivity index (χ3n) is 3.39. The molecule has 0 bridgehead atoms. The van der Waals surface area contributed by atoms with Crippen LogP contribution in [-0.4, -0.2) is 36.2 Å². The number of carbonyl (C=O) groups excluding carboxylic acids is 1. The van der Waals surface area contributed by atoms with Gasteiger partial charge in [0, 0.05) is 6.08 Å². The maximum absolute atomic E-state index is 12.3. The lowest BCUT2D eigenvalue weighted by Gasteiger charge is -2.33. The van der Waals surface area contributed by atoms with E-state index in [2.05, 4.69) is 5.92 Å². The van der Waals surface area contributed by atoms with E-state index in [1.54, 1.807) is 19.1 Å². The second-order valence-electron chi connectivity index (χ2n) is 5.28. The van der Waals surface area contributed by atoms with Crippen LogP contribution in [-0.2, 0) is 9.59 Å². The minimum atomic E-state index is -1.06. The number of amides is 1. The van der Waals surface area contributed by atoms with Crippen LogP contribution in [0.4, 0.5) is 5.69 Å². The number of carbonyl (C=O) groups is 2. The van der Waals surface area contributed by atoms with Crippen molar-refractivity contribution in [2.45, 2.75) is 26.4 Å². The molecule has 24 heavy (non-hydrogen) atoms. The first kappa shape index (κ1) is 17.4. The molecule has 1 aromatic rings. The fourth-order valence-corrected chi connectivity index (χ4v) is 2.33. The Hall–Kier alpha value is -2.94. The van der Waals surface area contributed by atoms with Crippen LogP contribution in [0.3, 0.4) is 0 Å². The van der Waals surface area contributed by atoms with Gasteiger partial charge in [0.2, 0.25) is 0 Å². The number of aliphatic carboxylic acids is 1. The Bertz CT molecular complexity index is 717. The number of carboxylic acids is 1. The van der Waals surface area contributed by atoms with Gasteiger partial charge in [-0.1, -0.05) is 12.8 Å². The molecule has 0 fully saturated rings. The highest BCUT2D eigenvalue weighted by Crippen LogP contribution is 2.43. The maximum atomic E-state index is 12.3. The largest absolute Gasteiger partial charge is 0.490 e. The topological polar surface area (TPSA) is 76.1 Å². The van der Waals surface area contributed by atoms with Crippen molar-refractivity contribution >= 4 is 23.6 Å². The van der Waals surface area contributed by atoms with Crippen LogP contribution in [0.25, 0.3) is 6.08 Å². The molecule has 0 saturated carbocycles. The van der Waals surface area contributed by atoms with Crippen molar-refractivity contribution in [1.29, 1.82) is 0 Å². The summed E-state index contributed by atoms with van der Waals surface area (Å²) in [5, 5.41) is 8.80. The molecular weight excluding hydrogens is 310 g/mol. The number of hydrogen-bond acceptors (Lipinski definition) is 4. The van der Waals surface area contributed by atoms with Crippen molar-refractivity contribution in [1.82, 2.24) is 0 Å². The van der Waals surface area contributed by atoms with Gasteiger partial charge in [0.15, 0.2) is 17.6 Å². The Morgan fingerprint density at radius 1 is 1.54 bits per heavy atom. The quantitative estimate of drug-likeness (QED) is 0.640. The summed E-state index contributed by atoms with van der Waals surface area (Å²) < 4.78 is 11.4. The van der Waals surface area contributed by atoms with Crippen LogP contribution < -0.4 is 14.4 Å². The van der Waals surface area contributed by atoms with Crippen molar-refractivity contribution in [3.05, 3.63) is 23.8 Å². The summed E-state index contributed by atoms with van der Waals surface area (Å²) in [4.78, 5) is 24.5. The lowest BCUT2D eigenvalue weighted by molar-refractivity contribution is -0.131. The monoisotopic (exact) mass is 329 g/mol. The smallest absolute Gasteiger partial charge is 0.328 e. The van der Waals surface area contributed by atoms with Gasteiger partial charge in [-0.3, -0.25) is 9.69 Å². The molecule has 2 rings (SSSR count). The number of terminal acetylenes is 1. The number of nitrogens with zero attached hydrogens (tertiary/aromatic N) is 1.